The number of aromatic nitrogens is 1. The van der Waals surface area contributed by atoms with Crippen LogP contribution in [0.4, 0.5) is 13.2 Å². The fraction of sp³-hybridized carbons (Fsp3) is 0.650. The second kappa shape index (κ2) is 13.9. The van der Waals surface area contributed by atoms with Gasteiger partial charge in [-0.2, -0.15) is 13.2 Å². The monoisotopic (exact) mass is 399 g/mol. The summed E-state index contributed by atoms with van der Waals surface area (Å²) in [6.45, 7) is 0. The first-order valence-electron chi connectivity index (χ1n) is 9.69. The van der Waals surface area contributed by atoms with Gasteiger partial charge in [-0.05, 0) is 37.8 Å². The first-order chi connectivity index (χ1) is 13.4. The van der Waals surface area contributed by atoms with Crippen molar-refractivity contribution in [2.45, 2.75) is 82.5 Å². The molecule has 0 radical (unpaired) electrons. The van der Waals surface area contributed by atoms with Crippen LogP contribution in [0.25, 0.3) is 0 Å². The molecule has 1 heterocycles. The highest BCUT2D eigenvalue weighted by atomic mass is 19.4. The van der Waals surface area contributed by atoms with Gasteiger partial charge in [-0.25, -0.2) is 14.8 Å². The van der Waals surface area contributed by atoms with E-state index < -0.39 is 12.1 Å². The van der Waals surface area contributed by atoms with Gasteiger partial charge in [0, 0.05) is 12.4 Å². The molecule has 2 aliphatic carbocycles. The summed E-state index contributed by atoms with van der Waals surface area (Å²) in [4.78, 5) is 21.6. The number of carboxylic acids is 1. The maximum Gasteiger partial charge on any atom is 0.490 e. The number of nitrogens with zero attached hydrogens (tertiary/aromatic N) is 3. The second-order valence-corrected chi connectivity index (χ2v) is 6.77. The summed E-state index contributed by atoms with van der Waals surface area (Å²) >= 11 is 0. The van der Waals surface area contributed by atoms with Crippen molar-refractivity contribution in [2.75, 3.05) is 0 Å². The Kier molecular flexibility index (Phi) is 11.8. The van der Waals surface area contributed by atoms with Gasteiger partial charge in [-0.15, -0.1) is 0 Å². The number of aliphatic carboxylic acids is 1. The Hall–Kier alpha value is -2.21. The molecule has 0 unspecified atom stereocenters. The molecule has 1 aromatic rings. The minimum atomic E-state index is -5.08. The number of pyridine rings is 1. The molecule has 3 rings (SSSR count). The van der Waals surface area contributed by atoms with E-state index in [0.29, 0.717) is 12.1 Å². The van der Waals surface area contributed by atoms with Crippen molar-refractivity contribution in [1.29, 1.82) is 0 Å². The Balaban J connectivity index is 0.000000250. The zero-order valence-electron chi connectivity index (χ0n) is 15.9. The van der Waals surface area contributed by atoms with Crippen LogP contribution < -0.4 is 0 Å². The average Bonchev–Trinajstić information content (AvgIpc) is 2.71. The van der Waals surface area contributed by atoms with E-state index in [1.54, 1.807) is 12.4 Å². The van der Waals surface area contributed by atoms with Gasteiger partial charge in [0.2, 0.25) is 0 Å². The van der Waals surface area contributed by atoms with Crippen LogP contribution in [0.3, 0.4) is 0 Å². The molecule has 1 N–H and O–H groups in total. The molecule has 28 heavy (non-hydrogen) atoms. The molecule has 2 saturated carbocycles. The van der Waals surface area contributed by atoms with Gasteiger partial charge in [0.25, 0.3) is 0 Å². The first-order valence-corrected chi connectivity index (χ1v) is 9.69. The SMILES string of the molecule is C(=NC1CCCCC1)=NC1CCCCC1.O=C(O)C(F)(F)F.c1ccncc1. The minimum Gasteiger partial charge on any atom is -0.475 e. The van der Waals surface area contributed by atoms with Crippen LogP contribution >= 0.6 is 0 Å². The predicted molar refractivity (Wildman–Crippen MR) is 102 cm³/mol. The number of hydrogen-bond donors (Lipinski definition) is 1. The maximum absolute atomic E-state index is 10.6. The van der Waals surface area contributed by atoms with Crippen LogP contribution in [0.1, 0.15) is 64.2 Å². The van der Waals surface area contributed by atoms with Crippen molar-refractivity contribution in [3.05, 3.63) is 30.6 Å². The number of carboxylic acid groups (broad SMARTS) is 1. The molecule has 8 heteroatoms. The highest BCUT2D eigenvalue weighted by Gasteiger charge is 2.38. The van der Waals surface area contributed by atoms with Crippen molar-refractivity contribution < 1.29 is 23.1 Å². The summed E-state index contributed by atoms with van der Waals surface area (Å²) in [5.41, 5.74) is 0. The summed E-state index contributed by atoms with van der Waals surface area (Å²) in [6, 6.07) is 9.76. The van der Waals surface area contributed by atoms with Gasteiger partial charge in [0.1, 0.15) is 0 Å². The molecule has 0 aliphatic heterocycles. The minimum absolute atomic E-state index is 0.533. The predicted octanol–water partition coefficient (Wildman–Crippen LogP) is 5.54. The van der Waals surface area contributed by atoms with E-state index in [-0.39, 0.29) is 0 Å². The quantitative estimate of drug-likeness (QED) is 0.664. The number of hydrogen-bond acceptors (Lipinski definition) is 4. The third kappa shape index (κ3) is 12.2. The van der Waals surface area contributed by atoms with Crippen LogP contribution in [0.2, 0.25) is 0 Å². The molecule has 0 saturated heterocycles. The lowest BCUT2D eigenvalue weighted by Crippen LogP contribution is -2.21. The van der Waals surface area contributed by atoms with Crippen LogP contribution in [0, 0.1) is 0 Å². The van der Waals surface area contributed by atoms with Crippen LogP contribution in [0.5, 0.6) is 0 Å². The van der Waals surface area contributed by atoms with E-state index in [1.165, 1.54) is 64.2 Å². The second-order valence-electron chi connectivity index (χ2n) is 6.77. The molecular formula is C20H28F3N3O2. The smallest absolute Gasteiger partial charge is 0.475 e. The molecule has 0 bridgehead atoms. The molecule has 5 nitrogen and oxygen atoms in total. The summed E-state index contributed by atoms with van der Waals surface area (Å²) in [5, 5.41) is 7.12. The van der Waals surface area contributed by atoms with Crippen LogP contribution in [-0.4, -0.2) is 40.3 Å². The first kappa shape index (κ1) is 23.8. The molecule has 0 spiro atoms. The Bertz CT molecular complexity index is 542. The molecule has 0 atom stereocenters. The molecule has 0 amide bonds. The lowest BCUT2D eigenvalue weighted by Gasteiger charge is -2.17. The third-order valence-corrected chi connectivity index (χ3v) is 4.44. The Labute approximate surface area is 163 Å². The van der Waals surface area contributed by atoms with Crippen molar-refractivity contribution in [1.82, 2.24) is 4.98 Å². The van der Waals surface area contributed by atoms with E-state index in [4.69, 9.17) is 9.90 Å². The van der Waals surface area contributed by atoms with Crippen molar-refractivity contribution >= 4 is 12.0 Å². The maximum atomic E-state index is 10.6. The van der Waals surface area contributed by atoms with Crippen molar-refractivity contribution in [3.8, 4) is 0 Å². The van der Waals surface area contributed by atoms with E-state index >= 15 is 0 Å². The summed E-state index contributed by atoms with van der Waals surface area (Å²) in [5.74, 6) is -2.76. The topological polar surface area (TPSA) is 74.9 Å². The molecule has 1 aromatic heterocycles. The van der Waals surface area contributed by atoms with Gasteiger partial charge in [0.05, 0.1) is 18.1 Å². The lowest BCUT2D eigenvalue weighted by molar-refractivity contribution is -0.192. The average molecular weight is 399 g/mol. The highest BCUT2D eigenvalue weighted by molar-refractivity contribution is 5.73. The number of halogens is 3. The standard InChI is InChI=1S/C13H22N2.C5H5N.C2HF3O2/c1-3-7-12(8-4-1)14-11-15-13-9-5-2-6-10-13;1-2-4-6-5-3-1;3-2(4,5)1(6)7/h12-13H,1-10H2;1-5H;(H,6,7). The van der Waals surface area contributed by atoms with Crippen LogP contribution in [0.15, 0.2) is 40.6 Å². The number of rotatable bonds is 2. The fourth-order valence-corrected chi connectivity index (χ4v) is 2.93. The van der Waals surface area contributed by atoms with Gasteiger partial charge in [0.15, 0.2) is 0 Å². The van der Waals surface area contributed by atoms with E-state index in [2.05, 4.69) is 21.0 Å². The van der Waals surface area contributed by atoms with Gasteiger partial charge >= 0.3 is 12.1 Å². The molecule has 0 aromatic carbocycles. The highest BCUT2D eigenvalue weighted by Crippen LogP contribution is 2.21. The summed E-state index contributed by atoms with van der Waals surface area (Å²) in [6.07, 6.45) is 11.6. The van der Waals surface area contributed by atoms with Crippen molar-refractivity contribution in [3.63, 3.8) is 0 Å². The zero-order chi connectivity index (χ0) is 20.7. The number of alkyl halides is 3. The zero-order valence-corrected chi connectivity index (χ0v) is 15.9. The third-order valence-electron chi connectivity index (χ3n) is 4.44. The molecule has 2 aliphatic rings. The Morgan fingerprint density at radius 2 is 1.25 bits per heavy atom. The summed E-state index contributed by atoms with van der Waals surface area (Å²) in [7, 11) is 0. The van der Waals surface area contributed by atoms with Gasteiger partial charge < -0.3 is 5.11 Å². The van der Waals surface area contributed by atoms with Gasteiger partial charge in [-0.1, -0.05) is 44.6 Å². The van der Waals surface area contributed by atoms with E-state index in [9.17, 15) is 13.2 Å². The Morgan fingerprint density at radius 1 is 0.857 bits per heavy atom. The summed E-state index contributed by atoms with van der Waals surface area (Å²) < 4.78 is 31.7. The molecule has 2 fully saturated rings. The largest absolute Gasteiger partial charge is 0.490 e. The number of carbonyl (C=O) groups is 1. The van der Waals surface area contributed by atoms with Crippen molar-refractivity contribution in [2.24, 2.45) is 9.98 Å². The normalized spacial score (nSPS) is 17.7. The molecule has 156 valence electrons. The lowest BCUT2D eigenvalue weighted by atomic mass is 9.96. The Morgan fingerprint density at radius 3 is 1.50 bits per heavy atom. The number of aliphatic imine (C=N–C) groups is 2. The van der Waals surface area contributed by atoms with Gasteiger partial charge in [-0.3, -0.25) is 4.98 Å². The van der Waals surface area contributed by atoms with E-state index in [0.717, 1.165) is 0 Å². The van der Waals surface area contributed by atoms with Crippen LogP contribution in [-0.2, 0) is 4.79 Å². The molecular weight excluding hydrogens is 371 g/mol. The van der Waals surface area contributed by atoms with E-state index in [1.807, 2.05) is 18.2 Å². The fourth-order valence-electron chi connectivity index (χ4n) is 2.93.